The predicted molar refractivity (Wildman–Crippen MR) is 222 cm³/mol. The first-order valence-corrected chi connectivity index (χ1v) is 18.3. The van der Waals surface area contributed by atoms with Crippen LogP contribution in [-0.4, -0.2) is 0 Å². The molecule has 8 aromatic carbocycles. The van der Waals surface area contributed by atoms with Crippen molar-refractivity contribution in [3.63, 3.8) is 0 Å². The van der Waals surface area contributed by atoms with Gasteiger partial charge in [-0.3, -0.25) is 0 Å². The van der Waals surface area contributed by atoms with Crippen LogP contribution in [0.25, 0.3) is 66.4 Å². The molecule has 0 aliphatic heterocycles. The van der Waals surface area contributed by atoms with E-state index in [4.69, 9.17) is 4.42 Å². The lowest BCUT2D eigenvalue weighted by Crippen LogP contribution is -2.15. The van der Waals surface area contributed by atoms with Gasteiger partial charge >= 0.3 is 0 Å². The zero-order valence-corrected chi connectivity index (χ0v) is 29.8. The average Bonchev–Trinajstić information content (AvgIpc) is 3.70. The van der Waals surface area contributed by atoms with Gasteiger partial charge in [-0.25, -0.2) is 0 Å². The molecular weight excluding hydrogens is 643 g/mol. The van der Waals surface area contributed by atoms with Gasteiger partial charge in [0.15, 0.2) is 0 Å². The van der Waals surface area contributed by atoms with E-state index in [-0.39, 0.29) is 5.41 Å². The van der Waals surface area contributed by atoms with E-state index in [1.54, 1.807) is 0 Å². The molecule has 0 spiro atoms. The maximum Gasteiger partial charge on any atom is 0.135 e. The topological polar surface area (TPSA) is 16.4 Å². The van der Waals surface area contributed by atoms with Crippen molar-refractivity contribution >= 4 is 39.0 Å². The predicted octanol–water partition coefficient (Wildman–Crippen LogP) is 14.4. The minimum absolute atomic E-state index is 0.0473. The van der Waals surface area contributed by atoms with Crippen molar-refractivity contribution in [3.05, 3.63) is 199 Å². The molecule has 252 valence electrons. The molecule has 0 saturated carbocycles. The van der Waals surface area contributed by atoms with Crippen molar-refractivity contribution < 1.29 is 4.42 Å². The molecule has 0 unspecified atom stereocenters. The zero-order chi connectivity index (χ0) is 35.5. The summed E-state index contributed by atoms with van der Waals surface area (Å²) in [4.78, 5) is 2.38. The van der Waals surface area contributed by atoms with Gasteiger partial charge in [0.1, 0.15) is 11.2 Å². The molecule has 0 atom stereocenters. The third-order valence-electron chi connectivity index (χ3n) is 11.1. The minimum atomic E-state index is -0.0473. The molecule has 1 aliphatic carbocycles. The van der Waals surface area contributed by atoms with E-state index in [1.165, 1.54) is 55.6 Å². The van der Waals surface area contributed by atoms with E-state index in [9.17, 15) is 0 Å². The van der Waals surface area contributed by atoms with Crippen LogP contribution in [0.1, 0.15) is 25.0 Å². The van der Waals surface area contributed by atoms with Gasteiger partial charge in [0.05, 0.1) is 0 Å². The number of hydrogen-bond acceptors (Lipinski definition) is 2. The van der Waals surface area contributed by atoms with E-state index in [0.717, 1.165) is 39.0 Å². The Bertz CT molecular complexity index is 2790. The normalized spacial score (nSPS) is 12.9. The average molecular weight is 680 g/mol. The maximum atomic E-state index is 6.11. The Labute approximate surface area is 310 Å². The van der Waals surface area contributed by atoms with Crippen LogP contribution in [-0.2, 0) is 5.41 Å². The van der Waals surface area contributed by atoms with Gasteiger partial charge in [-0.1, -0.05) is 141 Å². The van der Waals surface area contributed by atoms with Crippen LogP contribution in [0.5, 0.6) is 0 Å². The number of hydrogen-bond donors (Lipinski definition) is 0. The molecule has 0 bridgehead atoms. The lowest BCUT2D eigenvalue weighted by Gasteiger charge is -2.27. The third-order valence-corrected chi connectivity index (χ3v) is 11.1. The summed E-state index contributed by atoms with van der Waals surface area (Å²) in [6.45, 7) is 4.67. The van der Waals surface area contributed by atoms with E-state index in [2.05, 4.69) is 195 Å². The molecule has 1 heterocycles. The molecule has 2 heteroatoms. The smallest absolute Gasteiger partial charge is 0.135 e. The first-order chi connectivity index (χ1) is 26.0. The van der Waals surface area contributed by atoms with E-state index in [1.807, 2.05) is 12.1 Å². The molecule has 0 fully saturated rings. The third kappa shape index (κ3) is 5.26. The molecule has 1 aromatic heterocycles. The monoisotopic (exact) mass is 679 g/mol. The molecular formula is C51H37NO. The van der Waals surface area contributed by atoms with Gasteiger partial charge in [-0.2, -0.15) is 0 Å². The number of fused-ring (bicyclic) bond motifs is 6. The van der Waals surface area contributed by atoms with Crippen molar-refractivity contribution in [1.82, 2.24) is 0 Å². The number of benzene rings is 8. The summed E-state index contributed by atoms with van der Waals surface area (Å²) in [6.07, 6.45) is 0. The molecule has 9 aromatic rings. The van der Waals surface area contributed by atoms with Gasteiger partial charge in [0, 0.05) is 33.2 Å². The summed E-state index contributed by atoms with van der Waals surface area (Å²) in [5.41, 5.74) is 17.7. The summed E-state index contributed by atoms with van der Waals surface area (Å²) >= 11 is 0. The maximum absolute atomic E-state index is 6.11. The molecule has 10 rings (SSSR count). The van der Waals surface area contributed by atoms with E-state index in [0.29, 0.717) is 0 Å². The molecule has 0 amide bonds. The Morgan fingerprint density at radius 1 is 0.358 bits per heavy atom. The van der Waals surface area contributed by atoms with Crippen molar-refractivity contribution in [2.45, 2.75) is 19.3 Å². The fourth-order valence-corrected chi connectivity index (χ4v) is 8.31. The molecule has 53 heavy (non-hydrogen) atoms. The Kier molecular flexibility index (Phi) is 7.19. The Morgan fingerprint density at radius 3 is 1.62 bits per heavy atom. The van der Waals surface area contributed by atoms with Crippen LogP contribution in [0, 0.1) is 0 Å². The standard InChI is InChI=1S/C51H37NO/c1-51(2)47-17-8-6-15-43(47)45-33-42(28-29-48(45)51)52(40-24-19-35(20-25-40)38-14-10-13-37(31-38)34-11-4-3-5-12-34)41-26-21-36(22-27-41)39-23-30-50-46(32-39)44-16-7-9-18-49(44)53-50/h3-33H,1-2H3. The highest BCUT2D eigenvalue weighted by Gasteiger charge is 2.35. The SMILES string of the molecule is CC1(C)c2ccccc2-c2cc(N(c3ccc(-c4cccc(-c5ccccc5)c4)cc3)c3ccc(-c4ccc5oc6ccccc6c5c4)cc3)ccc21. The van der Waals surface area contributed by atoms with E-state index < -0.39 is 0 Å². The molecule has 2 nitrogen and oxygen atoms in total. The quantitative estimate of drug-likeness (QED) is 0.174. The number of para-hydroxylation sites is 1. The second-order valence-corrected chi connectivity index (χ2v) is 14.6. The van der Waals surface area contributed by atoms with Crippen molar-refractivity contribution in [3.8, 4) is 44.5 Å². The summed E-state index contributed by atoms with van der Waals surface area (Å²) in [5, 5.41) is 2.28. The minimum Gasteiger partial charge on any atom is -0.456 e. The van der Waals surface area contributed by atoms with Crippen LogP contribution < -0.4 is 4.90 Å². The molecule has 0 saturated heterocycles. The van der Waals surface area contributed by atoms with E-state index >= 15 is 0 Å². The first kappa shape index (κ1) is 31.1. The summed E-state index contributed by atoms with van der Waals surface area (Å²) in [6, 6.07) is 68.0. The van der Waals surface area contributed by atoms with Crippen LogP contribution >= 0.6 is 0 Å². The van der Waals surface area contributed by atoms with Crippen molar-refractivity contribution in [2.75, 3.05) is 4.90 Å². The fourth-order valence-electron chi connectivity index (χ4n) is 8.31. The highest BCUT2D eigenvalue weighted by atomic mass is 16.3. The molecule has 0 radical (unpaired) electrons. The van der Waals surface area contributed by atoms with Crippen LogP contribution in [0.15, 0.2) is 192 Å². The highest BCUT2D eigenvalue weighted by Crippen LogP contribution is 2.50. The van der Waals surface area contributed by atoms with Crippen molar-refractivity contribution in [2.24, 2.45) is 0 Å². The largest absolute Gasteiger partial charge is 0.456 e. The van der Waals surface area contributed by atoms with Gasteiger partial charge < -0.3 is 9.32 Å². The molecule has 0 N–H and O–H groups in total. The van der Waals surface area contributed by atoms with Gasteiger partial charge in [-0.05, 0) is 116 Å². The lowest BCUT2D eigenvalue weighted by atomic mass is 9.82. The second-order valence-electron chi connectivity index (χ2n) is 14.6. The first-order valence-electron chi connectivity index (χ1n) is 18.3. The number of furan rings is 1. The Balaban J connectivity index is 1.06. The Hall–Kier alpha value is -6.64. The Morgan fingerprint density at radius 2 is 0.887 bits per heavy atom. The van der Waals surface area contributed by atoms with Gasteiger partial charge in [-0.15, -0.1) is 0 Å². The highest BCUT2D eigenvalue weighted by molar-refractivity contribution is 6.06. The van der Waals surface area contributed by atoms with Crippen LogP contribution in [0.4, 0.5) is 17.1 Å². The van der Waals surface area contributed by atoms with Crippen molar-refractivity contribution in [1.29, 1.82) is 0 Å². The number of nitrogens with zero attached hydrogens (tertiary/aromatic N) is 1. The fraction of sp³-hybridized carbons (Fsp3) is 0.0588. The number of anilines is 3. The zero-order valence-electron chi connectivity index (χ0n) is 29.8. The van der Waals surface area contributed by atoms with Crippen LogP contribution in [0.2, 0.25) is 0 Å². The summed E-state index contributed by atoms with van der Waals surface area (Å²) in [7, 11) is 0. The van der Waals surface area contributed by atoms with Gasteiger partial charge in [0.25, 0.3) is 0 Å². The van der Waals surface area contributed by atoms with Gasteiger partial charge in [0.2, 0.25) is 0 Å². The summed E-state index contributed by atoms with van der Waals surface area (Å²) in [5.74, 6) is 0. The second kappa shape index (κ2) is 12.3. The summed E-state index contributed by atoms with van der Waals surface area (Å²) < 4.78 is 6.11. The number of rotatable bonds is 6. The lowest BCUT2D eigenvalue weighted by molar-refractivity contribution is 0.660. The van der Waals surface area contributed by atoms with Crippen LogP contribution in [0.3, 0.4) is 0 Å². The molecule has 1 aliphatic rings.